The fraction of sp³-hybridized carbons (Fsp3) is 0.429. The van der Waals surface area contributed by atoms with E-state index in [-0.39, 0.29) is 5.97 Å². The van der Waals surface area contributed by atoms with Crippen molar-refractivity contribution in [3.05, 3.63) is 18.0 Å². The lowest BCUT2D eigenvalue weighted by molar-refractivity contribution is -0.140. The van der Waals surface area contributed by atoms with E-state index in [0.717, 1.165) is 5.69 Å². The van der Waals surface area contributed by atoms with Gasteiger partial charge in [-0.2, -0.15) is 5.10 Å². The number of esters is 1. The molecular weight excluding hydrogens is 144 g/mol. The molecular formula is C7H10N2O2. The second-order valence-electron chi connectivity index (χ2n) is 2.17. The second-order valence-corrected chi connectivity index (χ2v) is 2.17. The van der Waals surface area contributed by atoms with E-state index in [1.54, 1.807) is 6.20 Å². The van der Waals surface area contributed by atoms with Crippen LogP contribution in [0.4, 0.5) is 0 Å². The number of hydrogen-bond acceptors (Lipinski definition) is 3. The van der Waals surface area contributed by atoms with Gasteiger partial charge in [0.25, 0.3) is 0 Å². The number of rotatable bonds is 3. The lowest BCUT2D eigenvalue weighted by Gasteiger charge is -1.97. The van der Waals surface area contributed by atoms with E-state index in [2.05, 4.69) is 10.2 Å². The predicted octanol–water partition coefficient (Wildman–Crippen LogP) is 0.515. The lowest BCUT2D eigenvalue weighted by Crippen LogP contribution is -2.03. The Morgan fingerprint density at radius 1 is 1.82 bits per heavy atom. The van der Waals surface area contributed by atoms with Crippen molar-refractivity contribution in [3.8, 4) is 0 Å². The van der Waals surface area contributed by atoms with Crippen LogP contribution in [0.2, 0.25) is 0 Å². The topological polar surface area (TPSA) is 55.0 Å². The average molecular weight is 154 g/mol. The molecule has 4 nitrogen and oxygen atoms in total. The molecule has 0 unspecified atom stereocenters. The third-order valence-electron chi connectivity index (χ3n) is 1.24. The molecule has 60 valence electrons. The van der Waals surface area contributed by atoms with Crippen molar-refractivity contribution >= 4 is 5.97 Å². The van der Waals surface area contributed by atoms with Crippen LogP contribution in [-0.4, -0.2) is 22.8 Å². The minimum Gasteiger partial charge on any atom is -0.465 e. The number of carbonyl (C=O) groups excluding carboxylic acids is 1. The van der Waals surface area contributed by atoms with Crippen LogP contribution in [0.5, 0.6) is 0 Å². The number of H-pyrrole nitrogens is 1. The van der Waals surface area contributed by atoms with Gasteiger partial charge >= 0.3 is 5.97 Å². The molecule has 0 saturated carbocycles. The molecule has 1 rings (SSSR count). The summed E-state index contributed by atoms with van der Waals surface area (Å²) in [6.07, 6.45) is 2.36. The SMILES string of the molecule is CC(=O)OCCc1ccn[nH]1. The van der Waals surface area contributed by atoms with Crippen molar-refractivity contribution in [2.75, 3.05) is 6.61 Å². The molecule has 0 bridgehead atoms. The Morgan fingerprint density at radius 3 is 3.18 bits per heavy atom. The van der Waals surface area contributed by atoms with Gasteiger partial charge in [-0.15, -0.1) is 0 Å². The van der Waals surface area contributed by atoms with Crippen molar-refractivity contribution in [3.63, 3.8) is 0 Å². The third kappa shape index (κ3) is 2.84. The quantitative estimate of drug-likeness (QED) is 0.645. The molecule has 1 aromatic heterocycles. The first-order valence-electron chi connectivity index (χ1n) is 3.40. The van der Waals surface area contributed by atoms with Gasteiger partial charge in [0, 0.05) is 25.2 Å². The summed E-state index contributed by atoms with van der Waals surface area (Å²) in [6.45, 7) is 1.81. The van der Waals surface area contributed by atoms with Gasteiger partial charge in [0.2, 0.25) is 0 Å². The van der Waals surface area contributed by atoms with E-state index in [9.17, 15) is 4.79 Å². The van der Waals surface area contributed by atoms with Gasteiger partial charge in [0.1, 0.15) is 0 Å². The normalized spacial score (nSPS) is 9.55. The highest BCUT2D eigenvalue weighted by Gasteiger charge is 1.95. The Kier molecular flexibility index (Phi) is 2.66. The molecule has 4 heteroatoms. The highest BCUT2D eigenvalue weighted by molar-refractivity contribution is 5.65. The van der Waals surface area contributed by atoms with Gasteiger partial charge in [-0.05, 0) is 6.07 Å². The smallest absolute Gasteiger partial charge is 0.302 e. The van der Waals surface area contributed by atoms with Gasteiger partial charge < -0.3 is 4.74 Å². The molecule has 0 aliphatic rings. The summed E-state index contributed by atoms with van der Waals surface area (Å²) in [7, 11) is 0. The summed E-state index contributed by atoms with van der Waals surface area (Å²) in [4.78, 5) is 10.3. The number of aromatic nitrogens is 2. The van der Waals surface area contributed by atoms with Crippen molar-refractivity contribution < 1.29 is 9.53 Å². The lowest BCUT2D eigenvalue weighted by atomic mass is 10.3. The van der Waals surface area contributed by atoms with Crippen LogP contribution in [0.25, 0.3) is 0 Å². The summed E-state index contributed by atoms with van der Waals surface area (Å²) in [5.74, 6) is -0.246. The zero-order valence-corrected chi connectivity index (χ0v) is 6.33. The molecule has 1 aromatic rings. The summed E-state index contributed by atoms with van der Waals surface area (Å²) >= 11 is 0. The van der Waals surface area contributed by atoms with Gasteiger partial charge in [-0.1, -0.05) is 0 Å². The van der Waals surface area contributed by atoms with Crippen LogP contribution in [0.15, 0.2) is 12.3 Å². The predicted molar refractivity (Wildman–Crippen MR) is 38.9 cm³/mol. The van der Waals surface area contributed by atoms with E-state index < -0.39 is 0 Å². The highest BCUT2D eigenvalue weighted by Crippen LogP contribution is 1.92. The maximum Gasteiger partial charge on any atom is 0.302 e. The van der Waals surface area contributed by atoms with Crippen molar-refractivity contribution in [2.24, 2.45) is 0 Å². The largest absolute Gasteiger partial charge is 0.465 e. The Bertz CT molecular complexity index is 218. The minimum atomic E-state index is -0.246. The van der Waals surface area contributed by atoms with Crippen LogP contribution in [0.1, 0.15) is 12.6 Å². The fourth-order valence-electron chi connectivity index (χ4n) is 0.729. The molecule has 0 saturated heterocycles. The molecule has 1 N–H and O–H groups in total. The molecule has 0 fully saturated rings. The molecule has 11 heavy (non-hydrogen) atoms. The molecule has 0 spiro atoms. The van der Waals surface area contributed by atoms with Crippen LogP contribution in [-0.2, 0) is 16.0 Å². The van der Waals surface area contributed by atoms with Crippen molar-refractivity contribution in [1.29, 1.82) is 0 Å². The summed E-state index contributed by atoms with van der Waals surface area (Å²) in [5, 5.41) is 6.52. The Morgan fingerprint density at radius 2 is 2.64 bits per heavy atom. The van der Waals surface area contributed by atoms with Gasteiger partial charge in [0.15, 0.2) is 0 Å². The molecule has 0 aliphatic carbocycles. The molecule has 0 aromatic carbocycles. The second kappa shape index (κ2) is 3.75. The number of ether oxygens (including phenoxy) is 1. The zero-order valence-electron chi connectivity index (χ0n) is 6.33. The first-order valence-corrected chi connectivity index (χ1v) is 3.40. The number of hydrogen-bond donors (Lipinski definition) is 1. The number of aromatic amines is 1. The number of carbonyl (C=O) groups is 1. The van der Waals surface area contributed by atoms with Crippen molar-refractivity contribution in [2.45, 2.75) is 13.3 Å². The van der Waals surface area contributed by atoms with E-state index >= 15 is 0 Å². The Balaban J connectivity index is 2.19. The maximum atomic E-state index is 10.3. The van der Waals surface area contributed by atoms with Gasteiger partial charge in [-0.25, -0.2) is 0 Å². The van der Waals surface area contributed by atoms with Crippen molar-refractivity contribution in [1.82, 2.24) is 10.2 Å². The maximum absolute atomic E-state index is 10.3. The standard InChI is InChI=1S/C7H10N2O2/c1-6(10)11-5-3-7-2-4-8-9-7/h2,4H,3,5H2,1H3,(H,8,9). The molecule has 0 amide bonds. The van der Waals surface area contributed by atoms with Crippen LogP contribution in [0.3, 0.4) is 0 Å². The number of nitrogens with zero attached hydrogens (tertiary/aromatic N) is 1. The average Bonchev–Trinajstić information content (AvgIpc) is 2.39. The summed E-state index contributed by atoms with van der Waals surface area (Å²) < 4.78 is 4.73. The van der Waals surface area contributed by atoms with Gasteiger partial charge in [0.05, 0.1) is 6.61 Å². The summed E-state index contributed by atoms with van der Waals surface area (Å²) in [6, 6.07) is 1.85. The van der Waals surface area contributed by atoms with Crippen LogP contribution >= 0.6 is 0 Å². The molecule has 0 radical (unpaired) electrons. The van der Waals surface area contributed by atoms with Crippen LogP contribution in [0, 0.1) is 0 Å². The summed E-state index contributed by atoms with van der Waals surface area (Å²) in [5.41, 5.74) is 0.978. The fourth-order valence-corrected chi connectivity index (χ4v) is 0.729. The third-order valence-corrected chi connectivity index (χ3v) is 1.24. The highest BCUT2D eigenvalue weighted by atomic mass is 16.5. The zero-order chi connectivity index (χ0) is 8.10. The van der Waals surface area contributed by atoms with Gasteiger partial charge in [-0.3, -0.25) is 9.89 Å². The first-order chi connectivity index (χ1) is 5.29. The Labute approximate surface area is 64.6 Å². The first kappa shape index (κ1) is 7.78. The molecule has 0 atom stereocenters. The molecule has 0 aliphatic heterocycles. The van der Waals surface area contributed by atoms with E-state index in [1.165, 1.54) is 6.92 Å². The van der Waals surface area contributed by atoms with E-state index in [4.69, 9.17) is 4.74 Å². The minimum absolute atomic E-state index is 0.246. The number of nitrogens with one attached hydrogen (secondary N) is 1. The monoisotopic (exact) mass is 154 g/mol. The van der Waals surface area contributed by atoms with E-state index in [1.807, 2.05) is 6.07 Å². The van der Waals surface area contributed by atoms with Crippen LogP contribution < -0.4 is 0 Å². The Hall–Kier alpha value is -1.32. The van der Waals surface area contributed by atoms with E-state index in [0.29, 0.717) is 13.0 Å². The molecule has 1 heterocycles.